The van der Waals surface area contributed by atoms with E-state index in [9.17, 15) is 4.57 Å². The van der Waals surface area contributed by atoms with Crippen molar-refractivity contribution < 1.29 is 4.57 Å². The van der Waals surface area contributed by atoms with Crippen molar-refractivity contribution in [1.29, 1.82) is 0 Å². The van der Waals surface area contributed by atoms with Crippen LogP contribution in [-0.2, 0) is 4.57 Å². The van der Waals surface area contributed by atoms with E-state index in [0.29, 0.717) is 0 Å². The Labute approximate surface area is 272 Å². The molecule has 7 aromatic carbocycles. The first-order chi connectivity index (χ1) is 23.2. The Morgan fingerprint density at radius 3 is 1.55 bits per heavy atom. The largest absolute Gasteiger partial charge is 0.309 e. The van der Waals surface area contributed by atoms with Gasteiger partial charge in [-0.05, 0) is 58.0 Å². The zero-order valence-corrected chi connectivity index (χ0v) is 26.4. The average Bonchev–Trinajstić information content (AvgIpc) is 3.55. The lowest BCUT2D eigenvalue weighted by Crippen LogP contribution is -2.24. The topological polar surface area (TPSA) is 34.4 Å². The van der Waals surface area contributed by atoms with Gasteiger partial charge in [-0.1, -0.05) is 146 Å². The summed E-state index contributed by atoms with van der Waals surface area (Å²) in [6.45, 7) is 0. The van der Waals surface area contributed by atoms with Gasteiger partial charge in [0.05, 0.1) is 16.6 Å². The number of nitrogens with zero attached hydrogens (tertiary/aromatic N) is 2. The predicted octanol–water partition coefficient (Wildman–Crippen LogP) is 9.77. The van der Waals surface area contributed by atoms with Crippen LogP contribution in [0.5, 0.6) is 0 Å². The molecular weight excluding hydrogens is 591 g/mol. The van der Waals surface area contributed by atoms with Crippen LogP contribution in [0.3, 0.4) is 0 Å². The van der Waals surface area contributed by atoms with Crippen LogP contribution in [0.15, 0.2) is 176 Å². The molecule has 0 amide bonds. The number of para-hydroxylation sites is 3. The molecule has 0 N–H and O–H groups in total. The minimum absolute atomic E-state index is 0.832. The van der Waals surface area contributed by atoms with E-state index >= 15 is 0 Å². The molecular formula is C43H29N2OP. The lowest BCUT2D eigenvalue weighted by Gasteiger charge is -2.20. The van der Waals surface area contributed by atoms with Crippen LogP contribution in [0.25, 0.3) is 60.6 Å². The lowest BCUT2D eigenvalue weighted by molar-refractivity contribution is 0.592. The predicted molar refractivity (Wildman–Crippen MR) is 198 cm³/mol. The van der Waals surface area contributed by atoms with Crippen molar-refractivity contribution in [2.75, 3.05) is 0 Å². The molecule has 0 bridgehead atoms. The van der Waals surface area contributed by atoms with E-state index in [1.165, 1.54) is 10.8 Å². The molecule has 0 aliphatic rings. The lowest BCUT2D eigenvalue weighted by atomic mass is 9.97. The first-order valence-electron chi connectivity index (χ1n) is 15.8. The fraction of sp³-hybridized carbons (Fsp3) is 0. The zero-order chi connectivity index (χ0) is 31.4. The highest BCUT2D eigenvalue weighted by molar-refractivity contribution is 7.85. The Balaban J connectivity index is 1.09. The molecule has 47 heavy (non-hydrogen) atoms. The number of aromatic nitrogens is 2. The van der Waals surface area contributed by atoms with E-state index < -0.39 is 7.14 Å². The second kappa shape index (κ2) is 10.9. The van der Waals surface area contributed by atoms with Crippen LogP contribution in [-0.4, -0.2) is 9.38 Å². The van der Waals surface area contributed by atoms with E-state index in [1.807, 2.05) is 78.9 Å². The second-order valence-corrected chi connectivity index (χ2v) is 14.7. The van der Waals surface area contributed by atoms with E-state index in [4.69, 9.17) is 4.98 Å². The molecule has 0 radical (unpaired) electrons. The van der Waals surface area contributed by atoms with E-state index in [-0.39, 0.29) is 0 Å². The van der Waals surface area contributed by atoms with Gasteiger partial charge in [0.25, 0.3) is 0 Å². The Bertz CT molecular complexity index is 2580. The van der Waals surface area contributed by atoms with Crippen molar-refractivity contribution >= 4 is 61.4 Å². The number of fused-ring (bicyclic) bond motifs is 8. The van der Waals surface area contributed by atoms with Crippen LogP contribution in [0.1, 0.15) is 0 Å². The molecule has 0 saturated carbocycles. The number of rotatable bonds is 5. The number of hydrogen-bond acceptors (Lipinski definition) is 2. The van der Waals surface area contributed by atoms with Gasteiger partial charge in [0.15, 0.2) is 7.14 Å². The molecule has 0 atom stereocenters. The zero-order valence-electron chi connectivity index (χ0n) is 25.5. The molecule has 0 aliphatic carbocycles. The van der Waals surface area contributed by atoms with Gasteiger partial charge in [-0.2, -0.15) is 0 Å². The molecule has 0 saturated heterocycles. The molecule has 0 fully saturated rings. The third-order valence-electron chi connectivity index (χ3n) is 9.28. The van der Waals surface area contributed by atoms with Gasteiger partial charge in [-0.25, -0.2) is 4.98 Å². The molecule has 0 unspecified atom stereocenters. The van der Waals surface area contributed by atoms with Gasteiger partial charge >= 0.3 is 0 Å². The first-order valence-corrected chi connectivity index (χ1v) is 17.5. The summed E-state index contributed by atoms with van der Waals surface area (Å²) in [5, 5.41) is 6.06. The molecule has 9 rings (SSSR count). The molecule has 0 aliphatic heterocycles. The molecule has 2 aromatic heterocycles. The number of pyridine rings is 1. The van der Waals surface area contributed by atoms with Gasteiger partial charge in [0.1, 0.15) is 5.65 Å². The molecule has 9 aromatic rings. The van der Waals surface area contributed by atoms with E-state index in [0.717, 1.165) is 65.8 Å². The van der Waals surface area contributed by atoms with Crippen molar-refractivity contribution in [2.24, 2.45) is 0 Å². The highest BCUT2D eigenvalue weighted by Crippen LogP contribution is 2.42. The molecule has 3 nitrogen and oxygen atoms in total. The van der Waals surface area contributed by atoms with Gasteiger partial charge < -0.3 is 4.57 Å². The highest BCUT2D eigenvalue weighted by atomic mass is 31.2. The maximum Gasteiger partial charge on any atom is 0.171 e. The Morgan fingerprint density at radius 2 is 0.894 bits per heavy atom. The summed E-state index contributed by atoms with van der Waals surface area (Å²) in [6.07, 6.45) is 0. The summed E-state index contributed by atoms with van der Waals surface area (Å²) in [5.41, 5.74) is 8.78. The van der Waals surface area contributed by atoms with Crippen LogP contribution in [0.2, 0.25) is 0 Å². The monoisotopic (exact) mass is 620 g/mol. The van der Waals surface area contributed by atoms with Crippen molar-refractivity contribution in [2.45, 2.75) is 0 Å². The Morgan fingerprint density at radius 1 is 0.404 bits per heavy atom. The van der Waals surface area contributed by atoms with Crippen molar-refractivity contribution in [1.82, 2.24) is 9.38 Å². The molecule has 0 spiro atoms. The Hall–Kier alpha value is -5.76. The van der Waals surface area contributed by atoms with Gasteiger partial charge in [0.2, 0.25) is 0 Å². The maximum absolute atomic E-state index is 14.8. The minimum atomic E-state index is -3.00. The van der Waals surface area contributed by atoms with Crippen molar-refractivity contribution in [3.05, 3.63) is 176 Å². The van der Waals surface area contributed by atoms with Crippen LogP contribution >= 0.6 is 7.14 Å². The quantitative estimate of drug-likeness (QED) is 0.142. The second-order valence-electron chi connectivity index (χ2n) is 11.9. The average molecular weight is 621 g/mol. The summed E-state index contributed by atoms with van der Waals surface area (Å²) < 4.78 is 17.0. The number of hydrogen-bond donors (Lipinski definition) is 0. The summed E-state index contributed by atoms with van der Waals surface area (Å²) in [5.74, 6) is 0. The standard InChI is InChI=1S/C43H29N2OP/c46-47(34-11-3-1-4-12-34,35-13-5-2-6-14-35)36-26-23-31(24-27-36)30-19-21-32(22-20-30)33-25-28-38-39(29-33)37-15-7-9-17-41(37)45-42-18-10-8-16-40(42)44-43(38)45/h1-29H. The maximum atomic E-state index is 14.8. The summed E-state index contributed by atoms with van der Waals surface area (Å²) >= 11 is 0. The molecule has 2 heterocycles. The fourth-order valence-corrected chi connectivity index (χ4v) is 9.58. The summed E-state index contributed by atoms with van der Waals surface area (Å²) in [6, 6.07) is 60.2. The Kier molecular flexibility index (Phi) is 6.41. The van der Waals surface area contributed by atoms with Gasteiger partial charge in [-0.3, -0.25) is 4.40 Å². The fourth-order valence-electron chi connectivity index (χ4n) is 6.93. The summed E-state index contributed by atoms with van der Waals surface area (Å²) in [4.78, 5) is 5.04. The SMILES string of the molecule is O=P(c1ccccc1)(c1ccccc1)c1ccc(-c2ccc(-c3ccc4c(c3)c3ccccc3n3c5ccccc5nc43)cc2)cc1. The normalized spacial score (nSPS) is 11.9. The molecule has 4 heteroatoms. The molecule has 222 valence electrons. The highest BCUT2D eigenvalue weighted by Gasteiger charge is 2.29. The van der Waals surface area contributed by atoms with Crippen molar-refractivity contribution in [3.63, 3.8) is 0 Å². The van der Waals surface area contributed by atoms with Crippen molar-refractivity contribution in [3.8, 4) is 22.3 Å². The smallest absolute Gasteiger partial charge is 0.171 e. The minimum Gasteiger partial charge on any atom is -0.309 e. The van der Waals surface area contributed by atoms with Crippen LogP contribution < -0.4 is 15.9 Å². The van der Waals surface area contributed by atoms with Gasteiger partial charge in [0, 0.05) is 26.7 Å². The third-order valence-corrected chi connectivity index (χ3v) is 12.4. The van der Waals surface area contributed by atoms with Crippen LogP contribution in [0.4, 0.5) is 0 Å². The third kappa shape index (κ3) is 4.43. The van der Waals surface area contributed by atoms with Gasteiger partial charge in [-0.15, -0.1) is 0 Å². The first kappa shape index (κ1) is 27.5. The number of benzene rings is 7. The van der Waals surface area contributed by atoms with E-state index in [1.54, 1.807) is 0 Å². The van der Waals surface area contributed by atoms with Crippen LogP contribution in [0, 0.1) is 0 Å². The summed E-state index contributed by atoms with van der Waals surface area (Å²) in [7, 11) is -3.00. The van der Waals surface area contributed by atoms with E-state index in [2.05, 4.69) is 101 Å². The number of imidazole rings is 1.